The van der Waals surface area contributed by atoms with E-state index in [1.807, 2.05) is 41.8 Å². The zero-order valence-electron chi connectivity index (χ0n) is 11.6. The number of hydrogen-bond donors (Lipinski definition) is 3. The summed E-state index contributed by atoms with van der Waals surface area (Å²) in [5.74, 6) is 1.31. The number of nitrogens with zero attached hydrogens (tertiary/aromatic N) is 2. The summed E-state index contributed by atoms with van der Waals surface area (Å²) in [6.45, 7) is 0.398. The van der Waals surface area contributed by atoms with Gasteiger partial charge in [-0.15, -0.1) is 11.3 Å². The van der Waals surface area contributed by atoms with Gasteiger partial charge in [-0.2, -0.15) is 4.98 Å². The van der Waals surface area contributed by atoms with Crippen molar-refractivity contribution in [1.29, 1.82) is 0 Å². The Bertz CT molecular complexity index is 729. The molecule has 6 heteroatoms. The average molecular weight is 300 g/mol. The molecule has 0 saturated heterocycles. The minimum absolute atomic E-state index is 0.398. The van der Waals surface area contributed by atoms with Crippen LogP contribution in [0.3, 0.4) is 0 Å². The number of anilines is 2. The maximum Gasteiger partial charge on any atom is 0.225 e. The number of rotatable bonds is 5. The number of nitrogens with one attached hydrogen (secondary N) is 2. The van der Waals surface area contributed by atoms with Gasteiger partial charge in [0.1, 0.15) is 10.6 Å². The summed E-state index contributed by atoms with van der Waals surface area (Å²) < 4.78 is 0. The Kier molecular flexibility index (Phi) is 3.98. The first-order chi connectivity index (χ1) is 10.3. The molecule has 2 aromatic heterocycles. The maximum absolute atomic E-state index is 10.2. The van der Waals surface area contributed by atoms with Gasteiger partial charge in [0.15, 0.2) is 0 Å². The third-order valence-corrected chi connectivity index (χ3v) is 4.00. The number of aliphatic hydroxyl groups excluding tert-OH is 1. The fourth-order valence-corrected chi connectivity index (χ4v) is 2.85. The van der Waals surface area contributed by atoms with E-state index < -0.39 is 6.10 Å². The van der Waals surface area contributed by atoms with Gasteiger partial charge in [0.05, 0.1) is 11.5 Å². The van der Waals surface area contributed by atoms with Crippen molar-refractivity contribution in [2.75, 3.05) is 24.2 Å². The normalized spacial score (nSPS) is 12.3. The van der Waals surface area contributed by atoms with Crippen molar-refractivity contribution in [3.63, 3.8) is 0 Å². The molecule has 0 amide bonds. The number of fused-ring (bicyclic) bond motifs is 1. The largest absolute Gasteiger partial charge is 0.387 e. The van der Waals surface area contributed by atoms with Crippen LogP contribution < -0.4 is 10.6 Å². The van der Waals surface area contributed by atoms with Gasteiger partial charge in [0.2, 0.25) is 5.95 Å². The van der Waals surface area contributed by atoms with Gasteiger partial charge in [-0.1, -0.05) is 30.3 Å². The van der Waals surface area contributed by atoms with E-state index >= 15 is 0 Å². The highest BCUT2D eigenvalue weighted by molar-refractivity contribution is 7.16. The first-order valence-electron chi connectivity index (χ1n) is 6.68. The van der Waals surface area contributed by atoms with Gasteiger partial charge < -0.3 is 15.7 Å². The number of benzene rings is 1. The molecule has 0 radical (unpaired) electrons. The van der Waals surface area contributed by atoms with Crippen molar-refractivity contribution in [1.82, 2.24) is 9.97 Å². The van der Waals surface area contributed by atoms with Gasteiger partial charge in [0, 0.05) is 13.6 Å². The fraction of sp³-hybridized carbons (Fsp3) is 0.200. The molecule has 3 aromatic rings. The van der Waals surface area contributed by atoms with Crippen molar-refractivity contribution in [2.24, 2.45) is 0 Å². The van der Waals surface area contributed by atoms with Gasteiger partial charge in [-0.3, -0.25) is 0 Å². The summed E-state index contributed by atoms with van der Waals surface area (Å²) in [6.07, 6.45) is -0.576. The Balaban J connectivity index is 1.80. The zero-order chi connectivity index (χ0) is 14.7. The third kappa shape index (κ3) is 2.96. The SMILES string of the molecule is CNc1nc(NCC(O)c2ccccc2)c2ccsc2n1. The molecule has 5 nitrogen and oxygen atoms in total. The van der Waals surface area contributed by atoms with Crippen LogP contribution >= 0.6 is 11.3 Å². The molecular formula is C15H16N4OS. The van der Waals surface area contributed by atoms with Crippen molar-refractivity contribution in [2.45, 2.75) is 6.10 Å². The number of aromatic nitrogens is 2. The van der Waals surface area contributed by atoms with Crippen LogP contribution in [-0.2, 0) is 0 Å². The molecule has 21 heavy (non-hydrogen) atoms. The lowest BCUT2D eigenvalue weighted by molar-refractivity contribution is 0.191. The maximum atomic E-state index is 10.2. The van der Waals surface area contributed by atoms with Crippen LogP contribution in [0.2, 0.25) is 0 Å². The van der Waals surface area contributed by atoms with Crippen LogP contribution in [0.4, 0.5) is 11.8 Å². The summed E-state index contributed by atoms with van der Waals surface area (Å²) in [4.78, 5) is 9.74. The van der Waals surface area contributed by atoms with Gasteiger partial charge >= 0.3 is 0 Å². The number of hydrogen-bond acceptors (Lipinski definition) is 6. The van der Waals surface area contributed by atoms with Crippen molar-refractivity contribution in [3.8, 4) is 0 Å². The minimum atomic E-state index is -0.576. The first-order valence-corrected chi connectivity index (χ1v) is 7.56. The van der Waals surface area contributed by atoms with Crippen LogP contribution in [0.5, 0.6) is 0 Å². The quantitative estimate of drug-likeness (QED) is 0.676. The molecule has 1 atom stereocenters. The van der Waals surface area contributed by atoms with Crippen LogP contribution in [0.1, 0.15) is 11.7 Å². The van der Waals surface area contributed by atoms with E-state index in [9.17, 15) is 5.11 Å². The van der Waals surface area contributed by atoms with E-state index in [4.69, 9.17) is 0 Å². The van der Waals surface area contributed by atoms with E-state index in [0.29, 0.717) is 12.5 Å². The van der Waals surface area contributed by atoms with Crippen LogP contribution in [0, 0.1) is 0 Å². The third-order valence-electron chi connectivity index (χ3n) is 3.20. The van der Waals surface area contributed by atoms with Crippen molar-refractivity contribution in [3.05, 3.63) is 47.3 Å². The molecular weight excluding hydrogens is 284 g/mol. The number of aliphatic hydroxyl groups is 1. The lowest BCUT2D eigenvalue weighted by Gasteiger charge is -2.13. The lowest BCUT2D eigenvalue weighted by atomic mass is 10.1. The van der Waals surface area contributed by atoms with E-state index in [2.05, 4.69) is 20.6 Å². The predicted octanol–water partition coefficient (Wildman–Crippen LogP) is 2.88. The molecule has 1 aromatic carbocycles. The van der Waals surface area contributed by atoms with Crippen LogP contribution in [0.15, 0.2) is 41.8 Å². The van der Waals surface area contributed by atoms with Gasteiger partial charge in [0.25, 0.3) is 0 Å². The monoisotopic (exact) mass is 300 g/mol. The van der Waals surface area contributed by atoms with Gasteiger partial charge in [-0.25, -0.2) is 4.98 Å². The van der Waals surface area contributed by atoms with Crippen LogP contribution in [0.25, 0.3) is 10.2 Å². The smallest absolute Gasteiger partial charge is 0.225 e. The Morgan fingerprint density at radius 1 is 1.19 bits per heavy atom. The Hall–Kier alpha value is -2.18. The molecule has 0 aliphatic carbocycles. The van der Waals surface area contributed by atoms with E-state index in [1.165, 1.54) is 0 Å². The molecule has 0 saturated carbocycles. The molecule has 0 bridgehead atoms. The molecule has 3 rings (SSSR count). The molecule has 2 heterocycles. The zero-order valence-corrected chi connectivity index (χ0v) is 12.4. The highest BCUT2D eigenvalue weighted by Crippen LogP contribution is 2.26. The molecule has 0 fully saturated rings. The standard InChI is InChI=1S/C15H16N4OS/c1-16-15-18-13(11-7-8-21-14(11)19-15)17-9-12(20)10-5-3-2-4-6-10/h2-8,12,20H,9H2,1H3,(H2,16,17,18,19). The topological polar surface area (TPSA) is 70.1 Å². The second kappa shape index (κ2) is 6.07. The fourth-order valence-electron chi connectivity index (χ4n) is 2.09. The Morgan fingerprint density at radius 2 is 2.00 bits per heavy atom. The first kappa shape index (κ1) is 13.8. The summed E-state index contributed by atoms with van der Waals surface area (Å²) >= 11 is 1.57. The Morgan fingerprint density at radius 3 is 2.76 bits per heavy atom. The van der Waals surface area contributed by atoms with E-state index in [1.54, 1.807) is 18.4 Å². The van der Waals surface area contributed by atoms with E-state index in [0.717, 1.165) is 21.6 Å². The lowest BCUT2D eigenvalue weighted by Crippen LogP contribution is -2.13. The predicted molar refractivity (Wildman–Crippen MR) is 86.9 cm³/mol. The summed E-state index contributed by atoms with van der Waals surface area (Å²) in [7, 11) is 1.79. The molecule has 0 aliphatic heterocycles. The average Bonchev–Trinajstić information content (AvgIpc) is 3.01. The Labute approximate surface area is 126 Å². The molecule has 0 aliphatic rings. The minimum Gasteiger partial charge on any atom is -0.387 e. The highest BCUT2D eigenvalue weighted by atomic mass is 32.1. The van der Waals surface area contributed by atoms with Crippen molar-refractivity contribution >= 4 is 33.3 Å². The second-order valence-electron chi connectivity index (χ2n) is 4.59. The molecule has 108 valence electrons. The summed E-state index contributed by atoms with van der Waals surface area (Å²) in [5, 5.41) is 19.3. The molecule has 3 N–H and O–H groups in total. The molecule has 0 spiro atoms. The van der Waals surface area contributed by atoms with E-state index in [-0.39, 0.29) is 0 Å². The molecule has 1 unspecified atom stereocenters. The van der Waals surface area contributed by atoms with Crippen molar-refractivity contribution < 1.29 is 5.11 Å². The summed E-state index contributed by atoms with van der Waals surface area (Å²) in [6, 6.07) is 11.6. The van der Waals surface area contributed by atoms with Gasteiger partial charge in [-0.05, 0) is 17.0 Å². The second-order valence-corrected chi connectivity index (χ2v) is 5.49. The van der Waals surface area contributed by atoms with Crippen LogP contribution in [-0.4, -0.2) is 28.7 Å². The highest BCUT2D eigenvalue weighted by Gasteiger charge is 2.11. The number of thiophene rings is 1. The summed E-state index contributed by atoms with van der Waals surface area (Å²) in [5.41, 5.74) is 0.884.